The molecule has 0 bridgehead atoms. The molecule has 0 aromatic heterocycles. The molecule has 1 atom stereocenters. The predicted octanol–water partition coefficient (Wildman–Crippen LogP) is 3.21. The number of ether oxygens (including phenoxy) is 3. The van der Waals surface area contributed by atoms with Gasteiger partial charge < -0.3 is 14.2 Å². The Balaban J connectivity index is 1.34. The molecule has 0 unspecified atom stereocenters. The second-order valence-electron chi connectivity index (χ2n) is 8.55. The van der Waals surface area contributed by atoms with E-state index in [9.17, 15) is 8.42 Å². The van der Waals surface area contributed by atoms with E-state index in [4.69, 9.17) is 14.2 Å². The molecular formula is C24H30N2O5S. The van der Waals surface area contributed by atoms with Gasteiger partial charge in [0, 0.05) is 32.1 Å². The van der Waals surface area contributed by atoms with E-state index in [0.29, 0.717) is 51.0 Å². The third kappa shape index (κ3) is 4.50. The molecule has 2 aromatic rings. The quantitative estimate of drug-likeness (QED) is 0.686. The third-order valence-electron chi connectivity index (χ3n) is 6.41. The first kappa shape index (κ1) is 21.7. The van der Waals surface area contributed by atoms with E-state index in [1.54, 1.807) is 6.07 Å². The summed E-state index contributed by atoms with van der Waals surface area (Å²) in [6, 6.07) is 13.9. The van der Waals surface area contributed by atoms with Gasteiger partial charge in [0.05, 0.1) is 31.3 Å². The van der Waals surface area contributed by atoms with Crippen LogP contribution in [0, 0.1) is 0 Å². The van der Waals surface area contributed by atoms with Crippen LogP contribution >= 0.6 is 0 Å². The standard InChI is InChI=1S/C24H30N2O5S/c27-32(28,26-10-14-29-15-11-26)21-5-1-4-19(16-21)18-25-9-2-6-22(25)20-7-8-23-24(17-20)31-13-3-12-30-23/h1,4-5,7-8,16-17,22H,2-3,6,9-15,18H2/t22-/m0/s1. The lowest BCUT2D eigenvalue weighted by Crippen LogP contribution is -2.40. The maximum absolute atomic E-state index is 13.1. The second-order valence-corrected chi connectivity index (χ2v) is 10.5. The summed E-state index contributed by atoms with van der Waals surface area (Å²) in [5.74, 6) is 1.64. The highest BCUT2D eigenvalue weighted by Gasteiger charge is 2.29. The number of nitrogens with zero attached hydrogens (tertiary/aromatic N) is 2. The Hall–Kier alpha value is -2.13. The summed E-state index contributed by atoms with van der Waals surface area (Å²) in [4.78, 5) is 2.79. The van der Waals surface area contributed by atoms with Gasteiger partial charge >= 0.3 is 0 Å². The molecule has 32 heavy (non-hydrogen) atoms. The molecule has 0 radical (unpaired) electrons. The van der Waals surface area contributed by atoms with E-state index >= 15 is 0 Å². The minimum absolute atomic E-state index is 0.284. The molecule has 0 spiro atoms. The normalized spacial score (nSPS) is 22.6. The summed E-state index contributed by atoms with van der Waals surface area (Å²) in [6.45, 7) is 4.77. The highest BCUT2D eigenvalue weighted by molar-refractivity contribution is 7.89. The fourth-order valence-electron chi connectivity index (χ4n) is 4.75. The smallest absolute Gasteiger partial charge is 0.243 e. The van der Waals surface area contributed by atoms with Gasteiger partial charge in [0.1, 0.15) is 0 Å². The molecule has 8 heteroatoms. The molecule has 5 rings (SSSR count). The molecular weight excluding hydrogens is 428 g/mol. The minimum atomic E-state index is -3.49. The van der Waals surface area contributed by atoms with Gasteiger partial charge in [-0.1, -0.05) is 18.2 Å². The maximum atomic E-state index is 13.1. The van der Waals surface area contributed by atoms with E-state index in [0.717, 1.165) is 42.9 Å². The Morgan fingerprint density at radius 3 is 2.53 bits per heavy atom. The Labute approximate surface area is 189 Å². The third-order valence-corrected chi connectivity index (χ3v) is 8.31. The molecule has 3 aliphatic rings. The van der Waals surface area contributed by atoms with Crippen LogP contribution in [-0.4, -0.2) is 63.7 Å². The van der Waals surface area contributed by atoms with Gasteiger partial charge in [-0.2, -0.15) is 4.31 Å². The van der Waals surface area contributed by atoms with Crippen molar-refractivity contribution in [1.29, 1.82) is 0 Å². The highest BCUT2D eigenvalue weighted by Crippen LogP contribution is 2.38. The zero-order valence-corrected chi connectivity index (χ0v) is 19.1. The Kier molecular flexibility index (Phi) is 6.37. The molecule has 7 nitrogen and oxygen atoms in total. The summed E-state index contributed by atoms with van der Waals surface area (Å²) in [6.07, 6.45) is 3.08. The number of rotatable bonds is 5. The van der Waals surface area contributed by atoms with Crippen LogP contribution in [0.2, 0.25) is 0 Å². The largest absolute Gasteiger partial charge is 0.490 e. The number of benzene rings is 2. The van der Waals surface area contributed by atoms with Crippen molar-refractivity contribution in [2.45, 2.75) is 36.7 Å². The maximum Gasteiger partial charge on any atom is 0.243 e. The zero-order chi connectivity index (χ0) is 22.0. The van der Waals surface area contributed by atoms with Crippen molar-refractivity contribution < 1.29 is 22.6 Å². The molecule has 2 saturated heterocycles. The lowest BCUT2D eigenvalue weighted by molar-refractivity contribution is 0.0730. The summed E-state index contributed by atoms with van der Waals surface area (Å²) in [5, 5.41) is 0. The lowest BCUT2D eigenvalue weighted by Gasteiger charge is -2.27. The molecule has 0 N–H and O–H groups in total. The first-order valence-electron chi connectivity index (χ1n) is 11.4. The van der Waals surface area contributed by atoms with Gasteiger partial charge in [-0.05, 0) is 54.8 Å². The van der Waals surface area contributed by atoms with Crippen LogP contribution in [0.1, 0.15) is 36.4 Å². The number of hydrogen-bond donors (Lipinski definition) is 0. The number of hydrogen-bond acceptors (Lipinski definition) is 6. The Bertz CT molecular complexity index is 1050. The van der Waals surface area contributed by atoms with Gasteiger partial charge in [-0.15, -0.1) is 0 Å². The van der Waals surface area contributed by atoms with Gasteiger partial charge in [0.15, 0.2) is 11.5 Å². The van der Waals surface area contributed by atoms with Crippen molar-refractivity contribution >= 4 is 10.0 Å². The van der Waals surface area contributed by atoms with E-state index in [1.165, 1.54) is 9.87 Å². The highest BCUT2D eigenvalue weighted by atomic mass is 32.2. The molecule has 0 aliphatic carbocycles. The van der Waals surface area contributed by atoms with E-state index in [-0.39, 0.29) is 6.04 Å². The van der Waals surface area contributed by atoms with Crippen molar-refractivity contribution in [3.63, 3.8) is 0 Å². The molecule has 2 fully saturated rings. The molecule has 2 aromatic carbocycles. The predicted molar refractivity (Wildman–Crippen MR) is 120 cm³/mol. The van der Waals surface area contributed by atoms with Crippen molar-refractivity contribution in [3.8, 4) is 11.5 Å². The van der Waals surface area contributed by atoms with Crippen molar-refractivity contribution in [2.24, 2.45) is 0 Å². The summed E-state index contributed by atoms with van der Waals surface area (Å²) >= 11 is 0. The monoisotopic (exact) mass is 458 g/mol. The van der Waals surface area contributed by atoms with Crippen LogP contribution in [0.3, 0.4) is 0 Å². The first-order valence-corrected chi connectivity index (χ1v) is 12.9. The van der Waals surface area contributed by atoms with Gasteiger partial charge in [-0.3, -0.25) is 4.90 Å². The first-order chi connectivity index (χ1) is 15.6. The summed E-state index contributed by atoms with van der Waals surface area (Å²) in [7, 11) is -3.49. The van der Waals surface area contributed by atoms with Crippen LogP contribution in [-0.2, 0) is 21.3 Å². The van der Waals surface area contributed by atoms with Gasteiger partial charge in [0.25, 0.3) is 0 Å². The average molecular weight is 459 g/mol. The summed E-state index contributed by atoms with van der Waals surface area (Å²) in [5.41, 5.74) is 2.24. The van der Waals surface area contributed by atoms with Gasteiger partial charge in [0.2, 0.25) is 10.0 Å². The Morgan fingerprint density at radius 1 is 0.875 bits per heavy atom. The van der Waals surface area contributed by atoms with E-state index < -0.39 is 10.0 Å². The fourth-order valence-corrected chi connectivity index (χ4v) is 6.23. The van der Waals surface area contributed by atoms with Crippen LogP contribution in [0.25, 0.3) is 0 Å². The Morgan fingerprint density at radius 2 is 1.69 bits per heavy atom. The number of likely N-dealkylation sites (tertiary alicyclic amines) is 1. The SMILES string of the molecule is O=S(=O)(c1cccc(CN2CCC[C@H]2c2ccc3c(c2)OCCCO3)c1)N1CCOCC1. The van der Waals surface area contributed by atoms with Crippen LogP contribution in [0.5, 0.6) is 11.5 Å². The van der Waals surface area contributed by atoms with Crippen molar-refractivity contribution in [2.75, 3.05) is 46.1 Å². The zero-order valence-electron chi connectivity index (χ0n) is 18.2. The second kappa shape index (κ2) is 9.39. The minimum Gasteiger partial charge on any atom is -0.490 e. The number of morpholine rings is 1. The lowest BCUT2D eigenvalue weighted by atomic mass is 10.0. The number of fused-ring (bicyclic) bond motifs is 1. The average Bonchev–Trinajstić information content (AvgIpc) is 3.15. The molecule has 3 heterocycles. The van der Waals surface area contributed by atoms with Crippen LogP contribution in [0.4, 0.5) is 0 Å². The topological polar surface area (TPSA) is 68.3 Å². The van der Waals surface area contributed by atoms with Gasteiger partial charge in [-0.25, -0.2) is 8.42 Å². The van der Waals surface area contributed by atoms with Crippen molar-refractivity contribution in [3.05, 3.63) is 53.6 Å². The van der Waals surface area contributed by atoms with Crippen molar-refractivity contribution in [1.82, 2.24) is 9.21 Å². The molecule has 0 saturated carbocycles. The van der Waals surface area contributed by atoms with E-state index in [2.05, 4.69) is 17.0 Å². The van der Waals surface area contributed by atoms with Crippen LogP contribution in [0.15, 0.2) is 47.4 Å². The summed E-state index contributed by atoms with van der Waals surface area (Å²) < 4.78 is 44.6. The fraction of sp³-hybridized carbons (Fsp3) is 0.500. The molecule has 3 aliphatic heterocycles. The molecule has 0 amide bonds. The van der Waals surface area contributed by atoms with Crippen LogP contribution < -0.4 is 9.47 Å². The molecule has 172 valence electrons. The van der Waals surface area contributed by atoms with E-state index in [1.807, 2.05) is 24.3 Å². The number of sulfonamides is 1.